The molecule has 146 valence electrons. The van der Waals surface area contributed by atoms with E-state index in [0.29, 0.717) is 18.2 Å². The van der Waals surface area contributed by atoms with Gasteiger partial charge < -0.3 is 0 Å². The van der Waals surface area contributed by atoms with Gasteiger partial charge in [-0.05, 0) is 36.4 Å². The number of rotatable bonds is 2. The molecule has 1 N–H and O–H groups in total. The summed E-state index contributed by atoms with van der Waals surface area (Å²) in [5, 5.41) is 8.85. The van der Waals surface area contributed by atoms with Gasteiger partial charge >= 0.3 is 12.4 Å². The molecule has 0 fully saturated rings. The van der Waals surface area contributed by atoms with Crippen LogP contribution in [0.25, 0.3) is 5.70 Å². The quantitative estimate of drug-likeness (QED) is 0.716. The number of hydroxylamine groups is 1. The Hall–Kier alpha value is -3.06. The number of nitriles is 1. The van der Waals surface area contributed by atoms with Crippen molar-refractivity contribution in [3.8, 4) is 6.07 Å². The summed E-state index contributed by atoms with van der Waals surface area (Å²) in [6.45, 7) is 0. The highest BCUT2D eigenvalue weighted by Gasteiger charge is 2.59. The molecule has 0 spiro atoms. The first-order valence-corrected chi connectivity index (χ1v) is 7.59. The van der Waals surface area contributed by atoms with E-state index in [2.05, 4.69) is 0 Å². The van der Waals surface area contributed by atoms with E-state index >= 15 is 0 Å². The molecule has 1 atom stereocenters. The molecular formula is C18H9F7N2O. The third-order valence-corrected chi connectivity index (χ3v) is 4.11. The predicted molar refractivity (Wildman–Crippen MR) is 82.5 cm³/mol. The summed E-state index contributed by atoms with van der Waals surface area (Å²) < 4.78 is 93.7. The minimum absolute atomic E-state index is 0.00366. The molecule has 3 nitrogen and oxygen atoms in total. The zero-order valence-corrected chi connectivity index (χ0v) is 13.6. The average molecular weight is 402 g/mol. The van der Waals surface area contributed by atoms with Crippen LogP contribution < -0.4 is 5.48 Å². The van der Waals surface area contributed by atoms with Crippen molar-refractivity contribution < 1.29 is 35.6 Å². The monoisotopic (exact) mass is 402 g/mol. The highest BCUT2D eigenvalue weighted by molar-refractivity contribution is 5.68. The molecular weight excluding hydrogens is 393 g/mol. The maximum Gasteiger partial charge on any atom is 0.428 e. The van der Waals surface area contributed by atoms with Crippen LogP contribution in [0.5, 0.6) is 0 Å². The Balaban J connectivity index is 2.14. The van der Waals surface area contributed by atoms with E-state index in [9.17, 15) is 30.7 Å². The van der Waals surface area contributed by atoms with Crippen LogP contribution in [0.2, 0.25) is 0 Å². The van der Waals surface area contributed by atoms with Crippen LogP contribution in [-0.2, 0) is 16.6 Å². The van der Waals surface area contributed by atoms with E-state index in [1.807, 2.05) is 5.48 Å². The van der Waals surface area contributed by atoms with Crippen molar-refractivity contribution in [3.05, 3.63) is 76.6 Å². The lowest BCUT2D eigenvalue weighted by atomic mass is 9.90. The molecule has 1 unspecified atom stereocenters. The Bertz CT molecular complexity index is 989. The molecule has 1 aliphatic heterocycles. The van der Waals surface area contributed by atoms with Gasteiger partial charge in [-0.3, -0.25) is 10.3 Å². The second-order valence-electron chi connectivity index (χ2n) is 5.88. The molecule has 2 aromatic carbocycles. The average Bonchev–Trinajstić information content (AvgIpc) is 3.08. The Morgan fingerprint density at radius 3 is 2.32 bits per heavy atom. The first-order chi connectivity index (χ1) is 13.0. The van der Waals surface area contributed by atoms with Crippen molar-refractivity contribution in [1.29, 1.82) is 5.26 Å². The van der Waals surface area contributed by atoms with Crippen molar-refractivity contribution >= 4 is 5.70 Å². The fraction of sp³-hybridized carbons (Fsp3) is 0.167. The number of alkyl halides is 6. The van der Waals surface area contributed by atoms with E-state index in [0.717, 1.165) is 30.3 Å². The Morgan fingerprint density at radius 1 is 1.00 bits per heavy atom. The molecule has 0 saturated heterocycles. The van der Waals surface area contributed by atoms with Gasteiger partial charge in [-0.2, -0.15) is 31.6 Å². The summed E-state index contributed by atoms with van der Waals surface area (Å²) in [5.74, 6) is -0.870. The van der Waals surface area contributed by atoms with Crippen LogP contribution in [0.4, 0.5) is 30.7 Å². The van der Waals surface area contributed by atoms with Crippen molar-refractivity contribution in [3.63, 3.8) is 0 Å². The second kappa shape index (κ2) is 6.53. The molecule has 0 radical (unpaired) electrons. The zero-order chi connectivity index (χ0) is 20.7. The minimum Gasteiger partial charge on any atom is -0.265 e. The third kappa shape index (κ3) is 3.29. The van der Waals surface area contributed by atoms with Gasteiger partial charge in [-0.1, -0.05) is 12.1 Å². The predicted octanol–water partition coefficient (Wildman–Crippen LogP) is 5.05. The Labute approximate surface area is 153 Å². The molecule has 0 bridgehead atoms. The van der Waals surface area contributed by atoms with Crippen LogP contribution >= 0.6 is 0 Å². The standard InChI is InChI=1S/C18H9F7N2O/c19-14-5-4-10(6-11(14)9-26)15-8-16(28-27-15,18(23,24)25)12-2-1-3-13(7-12)17(20,21)22/h1-8,27H. The molecule has 0 amide bonds. The minimum atomic E-state index is -5.12. The second-order valence-corrected chi connectivity index (χ2v) is 5.88. The SMILES string of the molecule is N#Cc1cc(C2=CC(c3cccc(C(F)(F)F)c3)(C(F)(F)F)ON2)ccc1F. The van der Waals surface area contributed by atoms with Crippen molar-refractivity contribution in [1.82, 2.24) is 5.48 Å². The molecule has 2 aromatic rings. The molecule has 10 heteroatoms. The molecule has 0 saturated carbocycles. The van der Waals surface area contributed by atoms with Crippen molar-refractivity contribution in [2.45, 2.75) is 18.0 Å². The van der Waals surface area contributed by atoms with E-state index in [1.165, 1.54) is 0 Å². The molecule has 1 aliphatic rings. The summed E-state index contributed by atoms with van der Waals surface area (Å²) >= 11 is 0. The number of hydrogen-bond donors (Lipinski definition) is 1. The van der Waals surface area contributed by atoms with Gasteiger partial charge in [0.1, 0.15) is 11.9 Å². The van der Waals surface area contributed by atoms with Gasteiger partial charge in [0.05, 0.1) is 16.8 Å². The lowest BCUT2D eigenvalue weighted by Gasteiger charge is -2.29. The fourth-order valence-corrected chi connectivity index (χ4v) is 2.69. The zero-order valence-electron chi connectivity index (χ0n) is 13.6. The molecule has 0 aliphatic carbocycles. The number of halogens is 7. The van der Waals surface area contributed by atoms with Crippen molar-refractivity contribution in [2.24, 2.45) is 0 Å². The molecule has 1 heterocycles. The Kier molecular flexibility index (Phi) is 4.59. The lowest BCUT2D eigenvalue weighted by molar-refractivity contribution is -0.269. The first kappa shape index (κ1) is 19.7. The van der Waals surface area contributed by atoms with E-state index < -0.39 is 40.5 Å². The number of benzene rings is 2. The first-order valence-electron chi connectivity index (χ1n) is 7.59. The maximum atomic E-state index is 13.8. The summed E-state index contributed by atoms with van der Waals surface area (Å²) in [7, 11) is 0. The van der Waals surface area contributed by atoms with Crippen LogP contribution in [-0.4, -0.2) is 6.18 Å². The number of nitrogens with zero attached hydrogens (tertiary/aromatic N) is 1. The molecule has 3 rings (SSSR count). The van der Waals surface area contributed by atoms with Crippen LogP contribution in [0.3, 0.4) is 0 Å². The maximum absolute atomic E-state index is 13.8. The molecule has 0 aromatic heterocycles. The van der Waals surface area contributed by atoms with Crippen molar-refractivity contribution in [2.75, 3.05) is 0 Å². The smallest absolute Gasteiger partial charge is 0.265 e. The van der Waals surface area contributed by atoms with Gasteiger partial charge in [0.15, 0.2) is 0 Å². The van der Waals surface area contributed by atoms with E-state index in [4.69, 9.17) is 10.1 Å². The largest absolute Gasteiger partial charge is 0.428 e. The number of nitrogens with one attached hydrogen (secondary N) is 1. The van der Waals surface area contributed by atoms with Gasteiger partial charge in [0.25, 0.3) is 0 Å². The summed E-state index contributed by atoms with van der Waals surface area (Å²) in [6.07, 6.45) is -9.42. The van der Waals surface area contributed by atoms with Crippen LogP contribution in [0.1, 0.15) is 22.3 Å². The van der Waals surface area contributed by atoms with Gasteiger partial charge in [-0.25, -0.2) is 4.39 Å². The van der Waals surface area contributed by atoms with Crippen LogP contribution in [0, 0.1) is 17.1 Å². The summed E-state index contributed by atoms with van der Waals surface area (Å²) in [6, 6.07) is 7.22. The normalized spacial score (nSPS) is 19.7. The highest BCUT2D eigenvalue weighted by Crippen LogP contribution is 2.48. The van der Waals surface area contributed by atoms with E-state index in [1.54, 1.807) is 6.07 Å². The highest BCUT2D eigenvalue weighted by atomic mass is 19.4. The molecule has 28 heavy (non-hydrogen) atoms. The summed E-state index contributed by atoms with van der Waals surface area (Å²) in [4.78, 5) is 4.72. The summed E-state index contributed by atoms with van der Waals surface area (Å²) in [5.41, 5.74) is -3.93. The van der Waals surface area contributed by atoms with Crippen LogP contribution in [0.15, 0.2) is 48.5 Å². The van der Waals surface area contributed by atoms with Gasteiger partial charge in [0, 0.05) is 11.1 Å². The number of hydrogen-bond acceptors (Lipinski definition) is 3. The Morgan fingerprint density at radius 2 is 1.71 bits per heavy atom. The van der Waals surface area contributed by atoms with Gasteiger partial charge in [-0.15, -0.1) is 0 Å². The lowest BCUT2D eigenvalue weighted by Crippen LogP contribution is -2.42. The fourth-order valence-electron chi connectivity index (χ4n) is 2.69. The third-order valence-electron chi connectivity index (χ3n) is 4.11. The van der Waals surface area contributed by atoms with E-state index in [-0.39, 0.29) is 11.3 Å². The van der Waals surface area contributed by atoms with Gasteiger partial charge in [0.2, 0.25) is 5.60 Å². The topological polar surface area (TPSA) is 45.0 Å².